The average Bonchev–Trinajstić information content (AvgIpc) is 3.41. The monoisotopic (exact) mass is 355 g/mol. The second-order valence-corrected chi connectivity index (χ2v) is 7.14. The highest BCUT2D eigenvalue weighted by Crippen LogP contribution is 2.25. The van der Waals surface area contributed by atoms with Crippen LogP contribution in [0, 0.1) is 18.3 Å². The average molecular weight is 355 g/mol. The summed E-state index contributed by atoms with van der Waals surface area (Å²) in [6.45, 7) is 2.83. The minimum atomic E-state index is -0.282. The molecule has 4 heteroatoms. The number of carbonyl (C=O) groups is 1. The van der Waals surface area contributed by atoms with Crippen molar-refractivity contribution in [1.82, 2.24) is 9.88 Å². The normalized spacial score (nSPS) is 14.1. The predicted octanol–water partition coefficient (Wildman–Crippen LogP) is 4.18. The number of nitriles is 1. The number of aryl methyl sites for hydroxylation is 1. The van der Waals surface area contributed by atoms with Gasteiger partial charge in [-0.05, 0) is 37.5 Å². The molecule has 1 aromatic heterocycles. The maximum atomic E-state index is 12.3. The Kier molecular flexibility index (Phi) is 4.52. The van der Waals surface area contributed by atoms with Crippen molar-refractivity contribution in [2.45, 2.75) is 32.4 Å². The molecule has 0 saturated heterocycles. The van der Waals surface area contributed by atoms with Gasteiger partial charge < -0.3 is 9.88 Å². The van der Waals surface area contributed by atoms with Crippen LogP contribution in [0.4, 0.5) is 0 Å². The van der Waals surface area contributed by atoms with E-state index in [1.165, 1.54) is 11.1 Å². The second-order valence-electron chi connectivity index (χ2n) is 7.14. The maximum Gasteiger partial charge on any atom is 0.262 e. The van der Waals surface area contributed by atoms with Gasteiger partial charge in [0, 0.05) is 35.2 Å². The largest absolute Gasteiger partial charge is 0.349 e. The number of nitrogens with zero attached hydrogens (tertiary/aromatic N) is 2. The van der Waals surface area contributed by atoms with Crippen molar-refractivity contribution in [1.29, 1.82) is 5.26 Å². The van der Waals surface area contributed by atoms with E-state index < -0.39 is 0 Å². The van der Waals surface area contributed by atoms with Gasteiger partial charge >= 0.3 is 0 Å². The third kappa shape index (κ3) is 3.78. The first kappa shape index (κ1) is 17.1. The fraction of sp³-hybridized carbons (Fsp3) is 0.217. The first-order chi connectivity index (χ1) is 13.1. The van der Waals surface area contributed by atoms with E-state index in [0.29, 0.717) is 0 Å². The summed E-state index contributed by atoms with van der Waals surface area (Å²) in [7, 11) is 0. The highest BCUT2D eigenvalue weighted by Gasteiger charge is 2.24. The zero-order valence-electron chi connectivity index (χ0n) is 15.3. The summed E-state index contributed by atoms with van der Waals surface area (Å²) in [4.78, 5) is 12.3. The third-order valence-electron chi connectivity index (χ3n) is 4.83. The molecule has 3 aromatic rings. The number of rotatable bonds is 5. The minimum Gasteiger partial charge on any atom is -0.349 e. The number of amides is 1. The van der Waals surface area contributed by atoms with Crippen LogP contribution in [-0.2, 0) is 11.3 Å². The summed E-state index contributed by atoms with van der Waals surface area (Å²) < 4.78 is 2.17. The van der Waals surface area contributed by atoms with Gasteiger partial charge in [-0.2, -0.15) is 5.26 Å². The van der Waals surface area contributed by atoms with Crippen LogP contribution < -0.4 is 5.32 Å². The molecular weight excluding hydrogens is 334 g/mol. The Hall–Kier alpha value is -3.32. The Labute approximate surface area is 158 Å². The molecule has 27 heavy (non-hydrogen) atoms. The van der Waals surface area contributed by atoms with Gasteiger partial charge in [-0.15, -0.1) is 0 Å². The lowest BCUT2D eigenvalue weighted by Gasteiger charge is -2.06. The fourth-order valence-electron chi connectivity index (χ4n) is 3.32. The predicted molar refractivity (Wildman–Crippen MR) is 107 cm³/mol. The first-order valence-electron chi connectivity index (χ1n) is 9.20. The smallest absolute Gasteiger partial charge is 0.262 e. The van der Waals surface area contributed by atoms with Crippen molar-refractivity contribution in [2.24, 2.45) is 0 Å². The molecule has 0 aliphatic heterocycles. The number of fused-ring (bicyclic) bond motifs is 1. The van der Waals surface area contributed by atoms with Gasteiger partial charge in [0.05, 0.1) is 0 Å². The van der Waals surface area contributed by atoms with Crippen LogP contribution in [0.3, 0.4) is 0 Å². The first-order valence-corrected chi connectivity index (χ1v) is 9.20. The van der Waals surface area contributed by atoms with Crippen LogP contribution in [0.5, 0.6) is 0 Å². The molecule has 1 aliphatic carbocycles. The summed E-state index contributed by atoms with van der Waals surface area (Å²) >= 11 is 0. The van der Waals surface area contributed by atoms with Gasteiger partial charge in [0.1, 0.15) is 11.6 Å². The van der Waals surface area contributed by atoms with Gasteiger partial charge in [-0.1, -0.05) is 48.0 Å². The Morgan fingerprint density at radius 3 is 2.81 bits per heavy atom. The van der Waals surface area contributed by atoms with Crippen LogP contribution in [0.25, 0.3) is 17.0 Å². The summed E-state index contributed by atoms with van der Waals surface area (Å²) in [5, 5.41) is 13.4. The van der Waals surface area contributed by atoms with Crippen molar-refractivity contribution >= 4 is 22.9 Å². The molecule has 1 saturated carbocycles. The molecule has 4 nitrogen and oxygen atoms in total. The van der Waals surface area contributed by atoms with Crippen LogP contribution in [-0.4, -0.2) is 16.5 Å². The zero-order valence-corrected chi connectivity index (χ0v) is 15.3. The van der Waals surface area contributed by atoms with Crippen LogP contribution >= 0.6 is 0 Å². The van der Waals surface area contributed by atoms with Crippen molar-refractivity contribution < 1.29 is 4.79 Å². The summed E-state index contributed by atoms with van der Waals surface area (Å²) in [6.07, 6.45) is 5.72. The van der Waals surface area contributed by atoms with E-state index in [1.807, 2.05) is 24.4 Å². The molecule has 1 aliphatic rings. The Balaban J connectivity index is 1.72. The summed E-state index contributed by atoms with van der Waals surface area (Å²) in [5.74, 6) is -0.282. The quantitative estimate of drug-likeness (QED) is 0.551. The number of aromatic nitrogens is 1. The van der Waals surface area contributed by atoms with Crippen molar-refractivity contribution in [2.75, 3.05) is 0 Å². The van der Waals surface area contributed by atoms with Gasteiger partial charge in [0.2, 0.25) is 0 Å². The lowest BCUT2D eigenvalue weighted by Crippen LogP contribution is -2.26. The lowest BCUT2D eigenvalue weighted by molar-refractivity contribution is -0.117. The van der Waals surface area contributed by atoms with Gasteiger partial charge in [-0.3, -0.25) is 4.79 Å². The van der Waals surface area contributed by atoms with E-state index in [2.05, 4.69) is 53.2 Å². The molecule has 0 atom stereocenters. The number of carbonyl (C=O) groups excluding carboxylic acids is 1. The molecule has 1 amide bonds. The number of hydrogen-bond donors (Lipinski definition) is 1. The van der Waals surface area contributed by atoms with Crippen LogP contribution in [0.15, 0.2) is 60.3 Å². The maximum absolute atomic E-state index is 12.3. The molecule has 1 fully saturated rings. The molecule has 2 aromatic carbocycles. The molecule has 0 radical (unpaired) electrons. The zero-order chi connectivity index (χ0) is 18.8. The van der Waals surface area contributed by atoms with Crippen molar-refractivity contribution in [3.8, 4) is 6.07 Å². The Morgan fingerprint density at radius 2 is 2.07 bits per heavy atom. The molecule has 0 spiro atoms. The molecule has 4 rings (SSSR count). The number of benzene rings is 2. The number of nitrogens with one attached hydrogen (secondary N) is 1. The Morgan fingerprint density at radius 1 is 1.26 bits per heavy atom. The van der Waals surface area contributed by atoms with E-state index >= 15 is 0 Å². The summed E-state index contributed by atoms with van der Waals surface area (Å²) in [6, 6.07) is 18.8. The van der Waals surface area contributed by atoms with Gasteiger partial charge in [0.15, 0.2) is 0 Å². The highest BCUT2D eigenvalue weighted by atomic mass is 16.1. The van der Waals surface area contributed by atoms with Crippen LogP contribution in [0.2, 0.25) is 0 Å². The lowest BCUT2D eigenvalue weighted by atomic mass is 10.1. The molecule has 1 heterocycles. The Bertz CT molecular complexity index is 1080. The summed E-state index contributed by atoms with van der Waals surface area (Å²) in [5.41, 5.74) is 4.58. The number of hydrogen-bond acceptors (Lipinski definition) is 2. The molecule has 0 unspecified atom stereocenters. The SMILES string of the molecule is Cc1cccc(Cn2cc(C=C(C#N)C(=O)NC3CC3)c3ccccc32)c1. The van der Waals surface area contributed by atoms with Gasteiger partial charge in [0.25, 0.3) is 5.91 Å². The second kappa shape index (κ2) is 7.13. The van der Waals surface area contributed by atoms with Crippen molar-refractivity contribution in [3.05, 3.63) is 77.0 Å². The van der Waals surface area contributed by atoms with Gasteiger partial charge in [-0.25, -0.2) is 0 Å². The molecule has 1 N–H and O–H groups in total. The highest BCUT2D eigenvalue weighted by molar-refractivity contribution is 6.04. The fourth-order valence-corrected chi connectivity index (χ4v) is 3.32. The van der Waals surface area contributed by atoms with Crippen molar-refractivity contribution in [3.63, 3.8) is 0 Å². The molecule has 134 valence electrons. The topological polar surface area (TPSA) is 57.8 Å². The number of para-hydroxylation sites is 1. The van der Waals surface area contributed by atoms with E-state index in [-0.39, 0.29) is 17.5 Å². The third-order valence-corrected chi connectivity index (χ3v) is 4.83. The van der Waals surface area contributed by atoms with E-state index in [1.54, 1.807) is 6.08 Å². The van der Waals surface area contributed by atoms with E-state index in [9.17, 15) is 10.1 Å². The molecule has 0 bridgehead atoms. The standard InChI is InChI=1S/C23H21N3O/c1-16-5-4-6-17(11-16)14-26-15-19(21-7-2-3-8-22(21)26)12-18(13-24)23(27)25-20-9-10-20/h2-8,11-12,15,20H,9-10,14H2,1H3,(H,25,27). The van der Waals surface area contributed by atoms with E-state index in [4.69, 9.17) is 0 Å². The molecular formula is C23H21N3O. The van der Waals surface area contributed by atoms with Crippen LogP contribution in [0.1, 0.15) is 29.5 Å². The van der Waals surface area contributed by atoms with E-state index in [0.717, 1.165) is 35.9 Å². The minimum absolute atomic E-state index is 0.153.